The maximum Gasteiger partial charge on any atom is 0.315 e. The number of carboxylic acids is 1. The van der Waals surface area contributed by atoms with Crippen LogP contribution in [0, 0.1) is 0 Å². The molecule has 2 aromatic carbocycles. The summed E-state index contributed by atoms with van der Waals surface area (Å²) < 4.78 is 5.83. The molecule has 3 atom stereocenters. The fourth-order valence-corrected chi connectivity index (χ4v) is 3.54. The Labute approximate surface area is 164 Å². The van der Waals surface area contributed by atoms with E-state index in [1.54, 1.807) is 0 Å². The molecule has 0 bridgehead atoms. The highest BCUT2D eigenvalue weighted by Gasteiger charge is 2.27. The molecular formula is C22H26N2O4. The molecule has 2 amide bonds. The Morgan fingerprint density at radius 3 is 2.61 bits per heavy atom. The second-order valence-corrected chi connectivity index (χ2v) is 7.19. The van der Waals surface area contributed by atoms with E-state index < -0.39 is 5.97 Å². The highest BCUT2D eigenvalue weighted by atomic mass is 16.5. The molecule has 1 aliphatic rings. The number of aliphatic carboxylic acids is 1. The van der Waals surface area contributed by atoms with Crippen molar-refractivity contribution in [3.05, 3.63) is 65.7 Å². The summed E-state index contributed by atoms with van der Waals surface area (Å²) in [5.41, 5.74) is 2.02. The standard InChI is InChI=1S/C22H26N2O4/c1-15-13-19(18-9-5-6-10-20(18)28-15)24-22(27)23-17(11-12-21(25)26)14-16-7-3-2-4-8-16/h2-10,15,17,19H,11-14H2,1H3,(H,25,26)(H2,23,24,27)/t15-,17?,19-/m1/s1. The number of rotatable bonds is 7. The van der Waals surface area contributed by atoms with Crippen molar-refractivity contribution in [3.8, 4) is 5.75 Å². The normalized spacial score (nSPS) is 19.0. The van der Waals surface area contributed by atoms with Crippen LogP contribution in [0.25, 0.3) is 0 Å². The van der Waals surface area contributed by atoms with Crippen LogP contribution in [0.5, 0.6) is 5.75 Å². The van der Waals surface area contributed by atoms with E-state index in [1.807, 2.05) is 61.5 Å². The van der Waals surface area contributed by atoms with Crippen molar-refractivity contribution < 1.29 is 19.4 Å². The number of ether oxygens (including phenoxy) is 1. The van der Waals surface area contributed by atoms with E-state index in [4.69, 9.17) is 9.84 Å². The molecule has 1 aliphatic heterocycles. The molecule has 6 nitrogen and oxygen atoms in total. The van der Waals surface area contributed by atoms with Crippen molar-refractivity contribution >= 4 is 12.0 Å². The van der Waals surface area contributed by atoms with Gasteiger partial charge in [0.05, 0.1) is 12.1 Å². The van der Waals surface area contributed by atoms with Crippen molar-refractivity contribution in [2.24, 2.45) is 0 Å². The molecule has 3 N–H and O–H groups in total. The number of urea groups is 1. The van der Waals surface area contributed by atoms with Crippen LogP contribution in [0.4, 0.5) is 4.79 Å². The summed E-state index contributed by atoms with van der Waals surface area (Å²) in [5, 5.41) is 15.0. The minimum absolute atomic E-state index is 0.00678. The van der Waals surface area contributed by atoms with Crippen molar-refractivity contribution in [2.45, 2.75) is 50.8 Å². The molecule has 28 heavy (non-hydrogen) atoms. The maximum atomic E-state index is 12.7. The number of hydrogen-bond acceptors (Lipinski definition) is 3. The molecule has 1 unspecified atom stereocenters. The van der Waals surface area contributed by atoms with Gasteiger partial charge in [-0.1, -0.05) is 48.5 Å². The summed E-state index contributed by atoms with van der Waals surface area (Å²) in [5.74, 6) is -0.0780. The topological polar surface area (TPSA) is 87.7 Å². The molecule has 0 saturated carbocycles. The average molecular weight is 382 g/mol. The molecule has 6 heteroatoms. The second-order valence-electron chi connectivity index (χ2n) is 7.19. The van der Waals surface area contributed by atoms with Gasteiger partial charge in [0.1, 0.15) is 5.75 Å². The Hall–Kier alpha value is -3.02. The van der Waals surface area contributed by atoms with E-state index in [1.165, 1.54) is 0 Å². The average Bonchev–Trinajstić information content (AvgIpc) is 2.66. The zero-order valence-corrected chi connectivity index (χ0v) is 15.9. The van der Waals surface area contributed by atoms with E-state index in [0.717, 1.165) is 16.9 Å². The maximum absolute atomic E-state index is 12.7. The van der Waals surface area contributed by atoms with Crippen LogP contribution in [0.1, 0.15) is 43.4 Å². The summed E-state index contributed by atoms with van der Waals surface area (Å²) in [6.07, 6.45) is 1.66. The Morgan fingerprint density at radius 1 is 1.14 bits per heavy atom. The lowest BCUT2D eigenvalue weighted by Gasteiger charge is -2.31. The predicted octanol–water partition coefficient (Wildman–Crippen LogP) is 3.67. The summed E-state index contributed by atoms with van der Waals surface area (Å²) in [6, 6.07) is 16.8. The van der Waals surface area contributed by atoms with E-state index in [2.05, 4.69) is 10.6 Å². The van der Waals surface area contributed by atoms with E-state index >= 15 is 0 Å². The number of hydrogen-bond donors (Lipinski definition) is 3. The van der Waals surface area contributed by atoms with Gasteiger partial charge < -0.3 is 20.5 Å². The summed E-state index contributed by atoms with van der Waals surface area (Å²) >= 11 is 0. The zero-order chi connectivity index (χ0) is 19.9. The quantitative estimate of drug-likeness (QED) is 0.682. The molecule has 3 rings (SSSR count). The van der Waals surface area contributed by atoms with Crippen molar-refractivity contribution in [2.75, 3.05) is 0 Å². The molecule has 2 aromatic rings. The minimum Gasteiger partial charge on any atom is -0.490 e. The lowest BCUT2D eigenvalue weighted by molar-refractivity contribution is -0.137. The van der Waals surface area contributed by atoms with Crippen molar-refractivity contribution in [1.29, 1.82) is 0 Å². The molecule has 0 fully saturated rings. The Morgan fingerprint density at radius 2 is 1.86 bits per heavy atom. The van der Waals surface area contributed by atoms with Crippen LogP contribution in [-0.4, -0.2) is 29.3 Å². The predicted molar refractivity (Wildman–Crippen MR) is 106 cm³/mol. The van der Waals surface area contributed by atoms with Crippen LogP contribution in [0.2, 0.25) is 0 Å². The lowest BCUT2D eigenvalue weighted by Crippen LogP contribution is -2.46. The first-order chi connectivity index (χ1) is 13.5. The molecule has 148 valence electrons. The molecule has 1 heterocycles. The van der Waals surface area contributed by atoms with Gasteiger partial charge in [-0.2, -0.15) is 0 Å². The summed E-state index contributed by atoms with van der Waals surface area (Å²) in [7, 11) is 0. The van der Waals surface area contributed by atoms with Gasteiger partial charge in [0.25, 0.3) is 0 Å². The largest absolute Gasteiger partial charge is 0.490 e. The van der Waals surface area contributed by atoms with Crippen molar-refractivity contribution in [1.82, 2.24) is 10.6 Å². The van der Waals surface area contributed by atoms with Crippen LogP contribution in [0.3, 0.4) is 0 Å². The van der Waals surface area contributed by atoms with Gasteiger partial charge in [0.15, 0.2) is 0 Å². The Kier molecular flexibility index (Phi) is 6.53. The van der Waals surface area contributed by atoms with E-state index in [0.29, 0.717) is 19.3 Å². The highest BCUT2D eigenvalue weighted by Crippen LogP contribution is 2.34. The first-order valence-corrected chi connectivity index (χ1v) is 9.59. The second kappa shape index (κ2) is 9.26. The number of nitrogens with one attached hydrogen (secondary N) is 2. The SMILES string of the molecule is C[C@@H]1C[C@@H](NC(=O)NC(CCC(=O)O)Cc2ccccc2)c2ccccc2O1. The zero-order valence-electron chi connectivity index (χ0n) is 15.9. The molecule has 0 spiro atoms. The number of carbonyl (C=O) groups excluding carboxylic acids is 1. The van der Waals surface area contributed by atoms with Crippen molar-refractivity contribution in [3.63, 3.8) is 0 Å². The van der Waals surface area contributed by atoms with Crippen LogP contribution >= 0.6 is 0 Å². The Bertz CT molecular complexity index is 809. The Balaban J connectivity index is 1.65. The van der Waals surface area contributed by atoms with E-state index in [-0.39, 0.29) is 30.6 Å². The van der Waals surface area contributed by atoms with Crippen LogP contribution < -0.4 is 15.4 Å². The van der Waals surface area contributed by atoms with Gasteiger partial charge in [0, 0.05) is 24.4 Å². The number of carbonyl (C=O) groups is 2. The third-order valence-corrected chi connectivity index (χ3v) is 4.86. The summed E-state index contributed by atoms with van der Waals surface area (Å²) in [4.78, 5) is 23.7. The lowest BCUT2D eigenvalue weighted by atomic mass is 9.97. The molecule has 0 radical (unpaired) electrons. The number of fused-ring (bicyclic) bond motifs is 1. The molecular weight excluding hydrogens is 356 g/mol. The number of benzene rings is 2. The molecule has 0 saturated heterocycles. The van der Waals surface area contributed by atoms with Gasteiger partial charge in [-0.05, 0) is 31.4 Å². The molecule has 0 aromatic heterocycles. The van der Waals surface area contributed by atoms with Gasteiger partial charge in [-0.25, -0.2) is 4.79 Å². The molecule has 0 aliphatic carbocycles. The van der Waals surface area contributed by atoms with Gasteiger partial charge >= 0.3 is 12.0 Å². The van der Waals surface area contributed by atoms with Gasteiger partial charge in [-0.3, -0.25) is 4.79 Å². The van der Waals surface area contributed by atoms with Gasteiger partial charge in [-0.15, -0.1) is 0 Å². The van der Waals surface area contributed by atoms with Crippen LogP contribution in [0.15, 0.2) is 54.6 Å². The first kappa shape index (κ1) is 19.7. The monoisotopic (exact) mass is 382 g/mol. The first-order valence-electron chi connectivity index (χ1n) is 9.59. The summed E-state index contributed by atoms with van der Waals surface area (Å²) in [6.45, 7) is 1.98. The van der Waals surface area contributed by atoms with E-state index in [9.17, 15) is 9.59 Å². The fraction of sp³-hybridized carbons (Fsp3) is 0.364. The third kappa shape index (κ3) is 5.49. The minimum atomic E-state index is -0.868. The highest BCUT2D eigenvalue weighted by molar-refractivity contribution is 5.75. The van der Waals surface area contributed by atoms with Crippen LogP contribution in [-0.2, 0) is 11.2 Å². The third-order valence-electron chi connectivity index (χ3n) is 4.86. The smallest absolute Gasteiger partial charge is 0.315 e. The number of amides is 2. The number of para-hydroxylation sites is 1. The fourth-order valence-electron chi connectivity index (χ4n) is 3.54. The van der Waals surface area contributed by atoms with Gasteiger partial charge in [0.2, 0.25) is 0 Å². The number of carboxylic acid groups (broad SMARTS) is 1.